The summed E-state index contributed by atoms with van der Waals surface area (Å²) in [6.07, 6.45) is 5.57. The normalized spacial score (nSPS) is 11.8. The molecule has 0 fully saturated rings. The molecule has 0 atom stereocenters. The fraction of sp³-hybridized carbons (Fsp3) is 0.571. The summed E-state index contributed by atoms with van der Waals surface area (Å²) in [6.45, 7) is 16.3. The highest BCUT2D eigenvalue weighted by Gasteiger charge is 2.12. The van der Waals surface area contributed by atoms with Gasteiger partial charge in [0.1, 0.15) is 11.6 Å². The van der Waals surface area contributed by atoms with Gasteiger partial charge in [-0.05, 0) is 53.2 Å². The lowest BCUT2D eigenvalue weighted by Crippen LogP contribution is -2.45. The van der Waals surface area contributed by atoms with Crippen LogP contribution in [0.25, 0.3) is 5.82 Å². The summed E-state index contributed by atoms with van der Waals surface area (Å²) in [5.41, 5.74) is 1.07. The maximum absolute atomic E-state index is 4.70. The topological polar surface area (TPSA) is 70.4 Å². The lowest BCUT2D eigenvalue weighted by molar-refractivity contribution is 0.178. The van der Waals surface area contributed by atoms with Crippen LogP contribution >= 0.6 is 24.0 Å². The van der Waals surface area contributed by atoms with Gasteiger partial charge >= 0.3 is 0 Å². The smallest absolute Gasteiger partial charge is 0.191 e. The summed E-state index contributed by atoms with van der Waals surface area (Å²) in [4.78, 5) is 15.9. The molecule has 7 nitrogen and oxygen atoms in total. The molecule has 0 saturated carbocycles. The van der Waals surface area contributed by atoms with Crippen molar-refractivity contribution in [3.8, 4) is 5.82 Å². The molecule has 8 heteroatoms. The first-order valence-electron chi connectivity index (χ1n) is 10.2. The number of imidazole rings is 1. The van der Waals surface area contributed by atoms with Gasteiger partial charge in [-0.3, -0.25) is 9.47 Å². The highest BCUT2D eigenvalue weighted by atomic mass is 127. The average Bonchev–Trinajstić information content (AvgIpc) is 3.08. The van der Waals surface area contributed by atoms with Crippen LogP contribution in [0.15, 0.2) is 35.7 Å². The van der Waals surface area contributed by atoms with Crippen molar-refractivity contribution >= 4 is 29.9 Å². The van der Waals surface area contributed by atoms with Gasteiger partial charge in [-0.15, -0.1) is 24.0 Å². The second-order valence-electron chi connectivity index (χ2n) is 7.42. The van der Waals surface area contributed by atoms with E-state index in [0.717, 1.165) is 42.8 Å². The minimum Gasteiger partial charge on any atom is -0.357 e. The Labute approximate surface area is 192 Å². The van der Waals surface area contributed by atoms with E-state index in [2.05, 4.69) is 66.2 Å². The molecular formula is C21H36IN7. The van der Waals surface area contributed by atoms with Crippen molar-refractivity contribution < 1.29 is 0 Å². The fourth-order valence-electron chi connectivity index (χ4n) is 3.20. The van der Waals surface area contributed by atoms with Gasteiger partial charge in [0.2, 0.25) is 0 Å². The molecule has 0 aliphatic heterocycles. The van der Waals surface area contributed by atoms with E-state index in [0.29, 0.717) is 18.6 Å². The van der Waals surface area contributed by atoms with Gasteiger partial charge in [0.05, 0.1) is 6.54 Å². The lowest BCUT2D eigenvalue weighted by atomic mass is 10.2. The summed E-state index contributed by atoms with van der Waals surface area (Å²) in [6, 6.07) is 5.13. The van der Waals surface area contributed by atoms with Crippen molar-refractivity contribution in [2.75, 3.05) is 19.6 Å². The predicted molar refractivity (Wildman–Crippen MR) is 131 cm³/mol. The Morgan fingerprint density at radius 3 is 2.38 bits per heavy atom. The summed E-state index contributed by atoms with van der Waals surface area (Å²) < 4.78 is 1.97. The van der Waals surface area contributed by atoms with Gasteiger partial charge in [-0.2, -0.15) is 0 Å². The first-order chi connectivity index (χ1) is 13.4. The molecule has 2 aromatic rings. The highest BCUT2D eigenvalue weighted by molar-refractivity contribution is 14.0. The lowest BCUT2D eigenvalue weighted by Gasteiger charge is -2.30. The van der Waals surface area contributed by atoms with Crippen molar-refractivity contribution in [2.24, 2.45) is 4.99 Å². The van der Waals surface area contributed by atoms with Crippen LogP contribution in [0.1, 0.15) is 46.0 Å². The average molecular weight is 513 g/mol. The number of nitrogens with zero attached hydrogens (tertiary/aromatic N) is 5. The van der Waals surface area contributed by atoms with E-state index in [-0.39, 0.29) is 24.0 Å². The Kier molecular flexibility index (Phi) is 11.2. The van der Waals surface area contributed by atoms with Gasteiger partial charge in [-0.25, -0.2) is 15.0 Å². The van der Waals surface area contributed by atoms with Crippen LogP contribution in [0.4, 0.5) is 0 Å². The van der Waals surface area contributed by atoms with Crippen LogP contribution < -0.4 is 10.6 Å². The van der Waals surface area contributed by atoms with E-state index in [4.69, 9.17) is 4.99 Å². The van der Waals surface area contributed by atoms with Crippen LogP contribution in [0.3, 0.4) is 0 Å². The molecular weight excluding hydrogens is 477 g/mol. The van der Waals surface area contributed by atoms with Crippen molar-refractivity contribution in [1.82, 2.24) is 30.1 Å². The molecule has 2 heterocycles. The van der Waals surface area contributed by atoms with Crippen LogP contribution in [0.2, 0.25) is 0 Å². The zero-order valence-electron chi connectivity index (χ0n) is 18.5. The quantitative estimate of drug-likeness (QED) is 0.306. The molecule has 0 aromatic carbocycles. The van der Waals surface area contributed by atoms with Gasteiger partial charge in [0, 0.05) is 50.3 Å². The fourth-order valence-corrected chi connectivity index (χ4v) is 3.20. The SMILES string of the molecule is CCNC(=NCc1ccc(-n2ccnc2C)nc1)NCCN(C(C)C)C(C)C.I. The number of pyridine rings is 1. The number of aliphatic imine (C=N–C) groups is 1. The number of guanidine groups is 1. The molecule has 0 bridgehead atoms. The monoisotopic (exact) mass is 513 g/mol. The number of aryl methyl sites for hydroxylation is 1. The zero-order valence-corrected chi connectivity index (χ0v) is 20.8. The van der Waals surface area contributed by atoms with E-state index in [1.165, 1.54) is 0 Å². The predicted octanol–water partition coefficient (Wildman–Crippen LogP) is 3.37. The van der Waals surface area contributed by atoms with E-state index >= 15 is 0 Å². The molecule has 0 amide bonds. The van der Waals surface area contributed by atoms with E-state index in [9.17, 15) is 0 Å². The molecule has 0 radical (unpaired) electrons. The molecule has 29 heavy (non-hydrogen) atoms. The maximum atomic E-state index is 4.70. The number of nitrogens with one attached hydrogen (secondary N) is 2. The Bertz CT molecular complexity index is 730. The summed E-state index contributed by atoms with van der Waals surface area (Å²) in [5.74, 6) is 2.63. The summed E-state index contributed by atoms with van der Waals surface area (Å²) in [7, 11) is 0. The van der Waals surface area contributed by atoms with Crippen LogP contribution in [-0.4, -0.2) is 57.1 Å². The third kappa shape index (κ3) is 7.93. The van der Waals surface area contributed by atoms with Crippen molar-refractivity contribution in [2.45, 2.75) is 60.2 Å². The second kappa shape index (κ2) is 12.8. The van der Waals surface area contributed by atoms with Gasteiger partial charge in [-0.1, -0.05) is 6.07 Å². The Morgan fingerprint density at radius 2 is 1.86 bits per heavy atom. The largest absolute Gasteiger partial charge is 0.357 e. The minimum atomic E-state index is 0. The molecule has 0 aliphatic carbocycles. The molecule has 0 saturated heterocycles. The molecule has 2 rings (SSSR count). The number of aromatic nitrogens is 3. The zero-order chi connectivity index (χ0) is 20.5. The molecule has 2 aromatic heterocycles. The van der Waals surface area contributed by atoms with Crippen molar-refractivity contribution in [3.63, 3.8) is 0 Å². The Morgan fingerprint density at radius 1 is 1.14 bits per heavy atom. The summed E-state index contributed by atoms with van der Waals surface area (Å²) in [5, 5.41) is 6.75. The number of rotatable bonds is 9. The van der Waals surface area contributed by atoms with Crippen LogP contribution in [-0.2, 0) is 6.54 Å². The third-order valence-corrected chi connectivity index (χ3v) is 4.63. The standard InChI is InChI=1S/C21H35N7.HI/c1-7-22-21(24-11-12-27(16(2)3)17(4)5)26-15-19-8-9-20(25-14-19)28-13-10-23-18(28)6;/h8-10,13-14,16-17H,7,11-12,15H2,1-6H3,(H2,22,24,26);1H. The summed E-state index contributed by atoms with van der Waals surface area (Å²) >= 11 is 0. The van der Waals surface area contributed by atoms with Crippen molar-refractivity contribution in [1.29, 1.82) is 0 Å². The maximum Gasteiger partial charge on any atom is 0.191 e. The molecule has 0 unspecified atom stereocenters. The molecule has 2 N–H and O–H groups in total. The molecule has 0 aliphatic rings. The number of hydrogen-bond donors (Lipinski definition) is 2. The van der Waals surface area contributed by atoms with Crippen LogP contribution in [0, 0.1) is 6.92 Å². The third-order valence-electron chi connectivity index (χ3n) is 4.63. The first kappa shape index (κ1) is 25.4. The van der Waals surface area contributed by atoms with E-state index in [1.807, 2.05) is 30.0 Å². The second-order valence-corrected chi connectivity index (χ2v) is 7.42. The van der Waals surface area contributed by atoms with E-state index < -0.39 is 0 Å². The van der Waals surface area contributed by atoms with Crippen LogP contribution in [0.5, 0.6) is 0 Å². The highest BCUT2D eigenvalue weighted by Crippen LogP contribution is 2.09. The number of halogens is 1. The Hall–Kier alpha value is -1.68. The van der Waals surface area contributed by atoms with E-state index in [1.54, 1.807) is 6.20 Å². The van der Waals surface area contributed by atoms with Gasteiger partial charge < -0.3 is 10.6 Å². The Balaban J connectivity index is 0.00000420. The molecule has 162 valence electrons. The minimum absolute atomic E-state index is 0. The van der Waals surface area contributed by atoms with Gasteiger partial charge in [0.15, 0.2) is 5.96 Å². The molecule has 0 spiro atoms. The first-order valence-corrected chi connectivity index (χ1v) is 10.2. The van der Waals surface area contributed by atoms with Crippen molar-refractivity contribution in [3.05, 3.63) is 42.1 Å². The number of hydrogen-bond acceptors (Lipinski definition) is 4. The van der Waals surface area contributed by atoms with Gasteiger partial charge in [0.25, 0.3) is 0 Å².